The molecule has 1 heterocycles. The quantitative estimate of drug-likeness (QED) is 0.280. The summed E-state index contributed by atoms with van der Waals surface area (Å²) in [5, 5.41) is 0. The van der Waals surface area contributed by atoms with E-state index in [9.17, 15) is 26.7 Å². The van der Waals surface area contributed by atoms with Crippen molar-refractivity contribution in [2.24, 2.45) is 0 Å². The van der Waals surface area contributed by atoms with Crippen molar-refractivity contribution in [1.82, 2.24) is 9.97 Å². The molecule has 0 saturated heterocycles. The van der Waals surface area contributed by atoms with Gasteiger partial charge in [-0.1, -0.05) is 0 Å². The van der Waals surface area contributed by atoms with Crippen molar-refractivity contribution in [3.63, 3.8) is 0 Å². The maximum atomic E-state index is 13.2. The average molecular weight is 290 g/mol. The Kier molecular flexibility index (Phi) is 3.59. The molecule has 2 rings (SSSR count). The van der Waals surface area contributed by atoms with Crippen LogP contribution in [0, 0.1) is 29.1 Å². The fraction of sp³-hybridized carbons (Fsp3) is 0. The Bertz CT molecular complexity index is 649. The highest BCUT2D eigenvalue weighted by atomic mass is 19.2. The fourth-order valence-electron chi connectivity index (χ4n) is 1.22. The van der Waals surface area contributed by atoms with E-state index in [4.69, 9.17) is 0 Å². The topological polar surface area (TPSA) is 52.1 Å². The normalized spacial score (nSPS) is 10.4. The van der Waals surface area contributed by atoms with Gasteiger partial charge in [0.05, 0.1) is 6.20 Å². The molecule has 0 saturated carbocycles. The molecule has 0 atom stereocenters. The lowest BCUT2D eigenvalue weighted by Crippen LogP contribution is -2.15. The second-order valence-corrected chi connectivity index (χ2v) is 3.38. The highest BCUT2D eigenvalue weighted by Crippen LogP contribution is 2.29. The first-order valence-electron chi connectivity index (χ1n) is 4.93. The molecular formula is C11H3F5N2O2. The number of halogens is 5. The number of benzene rings is 1. The zero-order chi connectivity index (χ0) is 14.9. The van der Waals surface area contributed by atoms with Crippen LogP contribution >= 0.6 is 0 Å². The van der Waals surface area contributed by atoms with Crippen molar-refractivity contribution in [2.45, 2.75) is 0 Å². The summed E-state index contributed by atoms with van der Waals surface area (Å²) in [4.78, 5) is 18.4. The van der Waals surface area contributed by atoms with E-state index >= 15 is 0 Å². The van der Waals surface area contributed by atoms with Crippen LogP contribution in [-0.4, -0.2) is 15.9 Å². The maximum Gasteiger partial charge on any atom is 0.364 e. The minimum absolute atomic E-state index is 0.462. The van der Waals surface area contributed by atoms with Crippen LogP contribution in [0.3, 0.4) is 0 Å². The summed E-state index contributed by atoms with van der Waals surface area (Å²) in [6.45, 7) is 0. The summed E-state index contributed by atoms with van der Waals surface area (Å²) in [7, 11) is 0. The summed E-state index contributed by atoms with van der Waals surface area (Å²) in [6.07, 6.45) is 3.18. The Morgan fingerprint density at radius 2 is 1.45 bits per heavy atom. The van der Waals surface area contributed by atoms with Gasteiger partial charge in [0, 0.05) is 12.4 Å². The molecule has 0 fully saturated rings. The first-order valence-corrected chi connectivity index (χ1v) is 4.93. The van der Waals surface area contributed by atoms with E-state index in [0.717, 1.165) is 12.4 Å². The van der Waals surface area contributed by atoms with Gasteiger partial charge in [0.15, 0.2) is 5.69 Å². The van der Waals surface area contributed by atoms with Gasteiger partial charge in [0.1, 0.15) is 0 Å². The lowest BCUT2D eigenvalue weighted by molar-refractivity contribution is 0.0709. The molecule has 2 aromatic rings. The molecule has 0 radical (unpaired) electrons. The third-order valence-electron chi connectivity index (χ3n) is 2.14. The number of aromatic nitrogens is 2. The van der Waals surface area contributed by atoms with Gasteiger partial charge in [0.25, 0.3) is 0 Å². The molecule has 1 aromatic carbocycles. The number of ether oxygens (including phenoxy) is 1. The van der Waals surface area contributed by atoms with E-state index in [0.29, 0.717) is 0 Å². The summed E-state index contributed by atoms with van der Waals surface area (Å²) in [5.74, 6) is -14.4. The Morgan fingerprint density at radius 3 is 1.95 bits per heavy atom. The maximum absolute atomic E-state index is 13.2. The van der Waals surface area contributed by atoms with Gasteiger partial charge in [0.2, 0.25) is 34.8 Å². The van der Waals surface area contributed by atoms with E-state index in [2.05, 4.69) is 14.7 Å². The van der Waals surface area contributed by atoms with Gasteiger partial charge in [-0.15, -0.1) is 0 Å². The van der Waals surface area contributed by atoms with Crippen molar-refractivity contribution < 1.29 is 31.5 Å². The highest BCUT2D eigenvalue weighted by molar-refractivity contribution is 5.88. The molecule has 0 unspecified atom stereocenters. The minimum Gasteiger partial charge on any atom is -0.415 e. The van der Waals surface area contributed by atoms with Crippen LogP contribution in [0.25, 0.3) is 0 Å². The van der Waals surface area contributed by atoms with Gasteiger partial charge in [-0.3, -0.25) is 4.98 Å². The van der Waals surface area contributed by atoms with Crippen molar-refractivity contribution in [3.05, 3.63) is 53.4 Å². The van der Waals surface area contributed by atoms with Gasteiger partial charge < -0.3 is 4.74 Å². The Balaban J connectivity index is 2.43. The summed E-state index contributed by atoms with van der Waals surface area (Å²) in [6, 6.07) is 0. The van der Waals surface area contributed by atoms with Crippen molar-refractivity contribution >= 4 is 5.97 Å². The lowest BCUT2D eigenvalue weighted by Gasteiger charge is -2.08. The van der Waals surface area contributed by atoms with Crippen molar-refractivity contribution in [1.29, 1.82) is 0 Å². The number of hydrogen-bond donors (Lipinski definition) is 0. The van der Waals surface area contributed by atoms with Crippen LogP contribution < -0.4 is 4.74 Å². The molecule has 0 bridgehead atoms. The number of esters is 1. The molecule has 0 aliphatic carbocycles. The number of rotatable bonds is 2. The fourth-order valence-corrected chi connectivity index (χ4v) is 1.22. The summed E-state index contributed by atoms with van der Waals surface area (Å²) < 4.78 is 69.1. The predicted octanol–water partition coefficient (Wildman–Crippen LogP) is 2.39. The number of nitrogens with zero attached hydrogens (tertiary/aromatic N) is 2. The molecule has 0 aliphatic rings. The molecule has 0 aliphatic heterocycles. The van der Waals surface area contributed by atoms with E-state index in [1.165, 1.54) is 6.20 Å². The van der Waals surface area contributed by atoms with E-state index < -0.39 is 46.5 Å². The van der Waals surface area contributed by atoms with Crippen LogP contribution in [0.15, 0.2) is 18.6 Å². The smallest absolute Gasteiger partial charge is 0.364 e. The van der Waals surface area contributed by atoms with Crippen molar-refractivity contribution in [2.75, 3.05) is 0 Å². The van der Waals surface area contributed by atoms with Crippen LogP contribution in [0.1, 0.15) is 10.5 Å². The van der Waals surface area contributed by atoms with Gasteiger partial charge in [-0.2, -0.15) is 8.78 Å². The zero-order valence-corrected chi connectivity index (χ0v) is 9.33. The van der Waals surface area contributed by atoms with Crippen LogP contribution in [0.5, 0.6) is 5.75 Å². The van der Waals surface area contributed by atoms with Crippen LogP contribution in [-0.2, 0) is 0 Å². The summed E-state index contributed by atoms with van der Waals surface area (Å²) in [5.41, 5.74) is -0.462. The van der Waals surface area contributed by atoms with Gasteiger partial charge >= 0.3 is 5.97 Å². The van der Waals surface area contributed by atoms with E-state index in [1.54, 1.807) is 0 Å². The third kappa shape index (κ3) is 2.29. The van der Waals surface area contributed by atoms with Gasteiger partial charge in [-0.25, -0.2) is 22.9 Å². The number of hydrogen-bond acceptors (Lipinski definition) is 4. The predicted molar refractivity (Wildman–Crippen MR) is 53.2 cm³/mol. The third-order valence-corrected chi connectivity index (χ3v) is 2.14. The summed E-state index contributed by atoms with van der Waals surface area (Å²) >= 11 is 0. The average Bonchev–Trinajstić information content (AvgIpc) is 2.48. The number of carbonyl (C=O) groups is 1. The first kappa shape index (κ1) is 13.8. The molecular weight excluding hydrogens is 287 g/mol. The zero-order valence-electron chi connectivity index (χ0n) is 9.33. The minimum atomic E-state index is -2.35. The highest BCUT2D eigenvalue weighted by Gasteiger charge is 2.29. The standard InChI is InChI=1S/C11H3F5N2O2/c12-5-6(13)8(15)10(9(16)7(5)14)20-11(19)4-3-17-1-2-18-4/h1-3H. The van der Waals surface area contributed by atoms with Gasteiger partial charge in [-0.05, 0) is 0 Å². The molecule has 20 heavy (non-hydrogen) atoms. The molecule has 0 spiro atoms. The monoisotopic (exact) mass is 290 g/mol. The van der Waals surface area contributed by atoms with Crippen LogP contribution in [0.4, 0.5) is 22.0 Å². The molecule has 4 nitrogen and oxygen atoms in total. The molecule has 0 N–H and O–H groups in total. The molecule has 104 valence electrons. The lowest BCUT2D eigenvalue weighted by atomic mass is 10.2. The van der Waals surface area contributed by atoms with Crippen LogP contribution in [0.2, 0.25) is 0 Å². The Hall–Kier alpha value is -2.58. The molecule has 9 heteroatoms. The Morgan fingerprint density at radius 1 is 0.900 bits per heavy atom. The second kappa shape index (κ2) is 5.19. The van der Waals surface area contributed by atoms with Crippen molar-refractivity contribution in [3.8, 4) is 5.75 Å². The molecule has 1 aromatic heterocycles. The number of carbonyl (C=O) groups excluding carboxylic acids is 1. The first-order chi connectivity index (χ1) is 9.43. The molecule has 0 amide bonds. The van der Waals surface area contributed by atoms with E-state index in [1.807, 2.05) is 0 Å². The van der Waals surface area contributed by atoms with E-state index in [-0.39, 0.29) is 0 Å². The largest absolute Gasteiger partial charge is 0.415 e. The second-order valence-electron chi connectivity index (χ2n) is 3.38. The SMILES string of the molecule is O=C(Oc1c(F)c(F)c(F)c(F)c1F)c1cnccn1. The Labute approximate surface area is 107 Å².